The molecule has 40 heavy (non-hydrogen) atoms. The highest BCUT2D eigenvalue weighted by molar-refractivity contribution is 5.94. The number of amides is 3. The van der Waals surface area contributed by atoms with Crippen LogP contribution in [0.3, 0.4) is 0 Å². The number of hydrogen-bond donors (Lipinski definition) is 3. The van der Waals surface area contributed by atoms with Crippen LogP contribution in [0.25, 0.3) is 0 Å². The smallest absolute Gasteiger partial charge is 0.262 e. The molecule has 11 heteroatoms. The van der Waals surface area contributed by atoms with Crippen LogP contribution in [-0.2, 0) is 14.4 Å². The number of likely N-dealkylation sites (N-methyl/N-ethyl adjacent to an activating group) is 1. The minimum atomic E-state index is -2.90. The number of para-hydroxylation sites is 1. The second-order valence-corrected chi connectivity index (χ2v) is 10.7. The third kappa shape index (κ3) is 5.80. The molecule has 5 rings (SSSR count). The van der Waals surface area contributed by atoms with Gasteiger partial charge in [-0.05, 0) is 25.6 Å². The first-order valence-electron chi connectivity index (χ1n) is 13.6. The van der Waals surface area contributed by atoms with Crippen LogP contribution >= 0.6 is 0 Å². The Hall–Kier alpha value is -3.57. The number of halogens is 2. The number of carbonyl (C=O) groups excluding carboxylic acids is 3. The monoisotopic (exact) mass is 555 g/mol. The number of carbonyl (C=O) groups is 3. The summed E-state index contributed by atoms with van der Waals surface area (Å²) < 4.78 is 34.6. The number of alkyl halides is 2. The van der Waals surface area contributed by atoms with Gasteiger partial charge in [-0.3, -0.25) is 19.3 Å². The van der Waals surface area contributed by atoms with Crippen molar-refractivity contribution in [2.24, 2.45) is 0 Å². The molecular weight excluding hydrogens is 520 g/mol. The summed E-state index contributed by atoms with van der Waals surface area (Å²) in [5.74, 6) is -3.55. The zero-order valence-electron chi connectivity index (χ0n) is 22.6. The van der Waals surface area contributed by atoms with E-state index in [1.807, 2.05) is 24.3 Å². The van der Waals surface area contributed by atoms with Crippen molar-refractivity contribution >= 4 is 17.7 Å². The molecule has 0 radical (unpaired) electrons. The Morgan fingerprint density at radius 3 is 2.52 bits per heavy atom. The number of fused-ring (bicyclic) bond motifs is 2. The second kappa shape index (κ2) is 11.5. The van der Waals surface area contributed by atoms with E-state index < -0.39 is 60.8 Å². The predicted molar refractivity (Wildman–Crippen MR) is 144 cm³/mol. The summed E-state index contributed by atoms with van der Waals surface area (Å²) in [7, 11) is 1.64. The van der Waals surface area contributed by atoms with Crippen LogP contribution in [0.4, 0.5) is 8.78 Å². The summed E-state index contributed by atoms with van der Waals surface area (Å²) in [5.41, 5.74) is 1.37. The van der Waals surface area contributed by atoms with Gasteiger partial charge < -0.3 is 25.6 Å². The van der Waals surface area contributed by atoms with Gasteiger partial charge in [0.05, 0.1) is 25.2 Å². The molecule has 2 aromatic carbocycles. The maximum Gasteiger partial charge on any atom is 0.262 e. The topological polar surface area (TPSA) is 103 Å². The molecule has 9 nitrogen and oxygen atoms in total. The fraction of sp³-hybridized carbons (Fsp3) is 0.483. The van der Waals surface area contributed by atoms with Crippen LogP contribution < -0.4 is 20.7 Å². The molecule has 5 atom stereocenters. The Kier molecular flexibility index (Phi) is 8.04. The quantitative estimate of drug-likeness (QED) is 0.483. The van der Waals surface area contributed by atoms with Crippen molar-refractivity contribution in [2.75, 3.05) is 33.3 Å². The molecule has 3 amide bonds. The first-order chi connectivity index (χ1) is 19.2. The van der Waals surface area contributed by atoms with Gasteiger partial charge in [0, 0.05) is 37.5 Å². The van der Waals surface area contributed by atoms with Gasteiger partial charge >= 0.3 is 0 Å². The van der Waals surface area contributed by atoms with Crippen LogP contribution in [0.15, 0.2) is 54.6 Å². The second-order valence-electron chi connectivity index (χ2n) is 10.7. The summed E-state index contributed by atoms with van der Waals surface area (Å²) in [5, 5.41) is 8.72. The van der Waals surface area contributed by atoms with E-state index in [1.54, 1.807) is 49.2 Å². The lowest BCUT2D eigenvalue weighted by Crippen LogP contribution is -2.64. The van der Waals surface area contributed by atoms with E-state index in [0.29, 0.717) is 24.3 Å². The van der Waals surface area contributed by atoms with E-state index in [-0.39, 0.29) is 19.1 Å². The van der Waals surface area contributed by atoms with Gasteiger partial charge in [0.1, 0.15) is 17.8 Å². The Morgan fingerprint density at radius 2 is 1.77 bits per heavy atom. The molecule has 3 heterocycles. The summed E-state index contributed by atoms with van der Waals surface area (Å²) in [6.45, 7) is 1.56. The zero-order valence-corrected chi connectivity index (χ0v) is 22.6. The molecular formula is C29H35F2N5O4. The molecule has 3 aliphatic rings. The first-order valence-corrected chi connectivity index (χ1v) is 13.6. The van der Waals surface area contributed by atoms with Crippen LogP contribution in [-0.4, -0.2) is 84.9 Å². The molecule has 0 saturated carbocycles. The van der Waals surface area contributed by atoms with E-state index in [0.717, 1.165) is 5.56 Å². The van der Waals surface area contributed by atoms with Crippen LogP contribution in [0.2, 0.25) is 0 Å². The molecule has 0 bridgehead atoms. The summed E-state index contributed by atoms with van der Waals surface area (Å²) in [6, 6.07) is 12.6. The van der Waals surface area contributed by atoms with E-state index in [4.69, 9.17) is 4.74 Å². The largest absolute Gasteiger partial charge is 0.493 e. The van der Waals surface area contributed by atoms with E-state index in [1.165, 1.54) is 4.90 Å². The minimum Gasteiger partial charge on any atom is -0.493 e. The van der Waals surface area contributed by atoms with Gasteiger partial charge in [-0.25, -0.2) is 8.78 Å². The van der Waals surface area contributed by atoms with Crippen molar-refractivity contribution in [3.63, 3.8) is 0 Å². The lowest BCUT2D eigenvalue weighted by atomic mass is 9.98. The van der Waals surface area contributed by atoms with E-state index in [2.05, 4.69) is 16.0 Å². The van der Waals surface area contributed by atoms with Gasteiger partial charge in [-0.15, -0.1) is 0 Å². The molecule has 0 aromatic heterocycles. The van der Waals surface area contributed by atoms with Gasteiger partial charge in [0.2, 0.25) is 11.8 Å². The van der Waals surface area contributed by atoms with Gasteiger partial charge in [-0.2, -0.15) is 0 Å². The number of nitrogens with zero attached hydrogens (tertiary/aromatic N) is 2. The van der Waals surface area contributed by atoms with E-state index >= 15 is 0 Å². The molecule has 0 spiro atoms. The van der Waals surface area contributed by atoms with Crippen molar-refractivity contribution in [1.82, 2.24) is 25.8 Å². The number of benzene rings is 2. The number of rotatable bonds is 7. The van der Waals surface area contributed by atoms with E-state index in [9.17, 15) is 23.2 Å². The molecule has 2 saturated heterocycles. The number of ether oxygens (including phenoxy) is 1. The molecule has 3 N–H and O–H groups in total. The standard InChI is InChI=1S/C29H35F2N5O4/c1-18(32-2)26(37)34-25(19-8-4-3-5-9-19)28(39)36-15-20-14-29(30,31)17-35(20)16-23(36)27(38)33-22-12-13-40-24-11-7-6-10-21(22)24/h3-11,18,20,22-23,25,32H,12-17H2,1-2H3,(H,33,38)(H,34,37)/t18-,20?,22+,23?,25-/m0/s1. The average molecular weight is 556 g/mol. The molecule has 3 aliphatic heterocycles. The van der Waals surface area contributed by atoms with Crippen molar-refractivity contribution in [2.45, 2.75) is 55.9 Å². The lowest BCUT2D eigenvalue weighted by molar-refractivity contribution is -0.148. The van der Waals surface area contributed by atoms with Gasteiger partial charge in [-0.1, -0.05) is 48.5 Å². The summed E-state index contributed by atoms with van der Waals surface area (Å²) >= 11 is 0. The van der Waals surface area contributed by atoms with Crippen molar-refractivity contribution in [1.29, 1.82) is 0 Å². The SMILES string of the molecule is CN[C@@H](C)C(=O)N[C@H](C(=O)N1CC2CC(F)(F)CN2CC1C(=O)N[C@@H]1CCOc2ccccc21)c1ccccc1. The summed E-state index contributed by atoms with van der Waals surface area (Å²) in [4.78, 5) is 43.9. The maximum absolute atomic E-state index is 14.4. The van der Waals surface area contributed by atoms with Crippen molar-refractivity contribution in [3.05, 3.63) is 65.7 Å². The Balaban J connectivity index is 1.44. The lowest BCUT2D eigenvalue weighted by Gasteiger charge is -2.44. The fourth-order valence-electron chi connectivity index (χ4n) is 5.76. The normalized spacial score (nSPS) is 25.1. The minimum absolute atomic E-state index is 0.0227. The number of hydrogen-bond acceptors (Lipinski definition) is 6. The summed E-state index contributed by atoms with van der Waals surface area (Å²) in [6.07, 6.45) is 0.149. The predicted octanol–water partition coefficient (Wildman–Crippen LogP) is 2.01. The Bertz CT molecular complexity index is 1250. The highest BCUT2D eigenvalue weighted by Gasteiger charge is 2.52. The highest BCUT2D eigenvalue weighted by atomic mass is 19.3. The Morgan fingerprint density at radius 1 is 1.05 bits per heavy atom. The molecule has 2 unspecified atom stereocenters. The van der Waals surface area contributed by atoms with Gasteiger partial charge in [0.15, 0.2) is 0 Å². The third-order valence-electron chi connectivity index (χ3n) is 8.03. The van der Waals surface area contributed by atoms with Crippen molar-refractivity contribution < 1.29 is 27.9 Å². The first kappa shape index (κ1) is 28.0. The Labute approximate surface area is 232 Å². The third-order valence-corrected chi connectivity index (χ3v) is 8.03. The molecule has 2 aromatic rings. The van der Waals surface area contributed by atoms with Crippen LogP contribution in [0, 0.1) is 0 Å². The molecule has 2 fully saturated rings. The van der Waals surface area contributed by atoms with Crippen LogP contribution in [0.1, 0.15) is 43.0 Å². The highest BCUT2D eigenvalue weighted by Crippen LogP contribution is 2.37. The zero-order chi connectivity index (χ0) is 28.4. The molecule has 0 aliphatic carbocycles. The number of nitrogens with one attached hydrogen (secondary N) is 3. The van der Waals surface area contributed by atoms with Gasteiger partial charge in [0.25, 0.3) is 11.8 Å². The molecule has 214 valence electrons. The number of piperazine rings is 1. The average Bonchev–Trinajstić information content (AvgIpc) is 3.27. The maximum atomic E-state index is 14.4. The van der Waals surface area contributed by atoms with Crippen LogP contribution in [0.5, 0.6) is 5.75 Å². The van der Waals surface area contributed by atoms with Crippen molar-refractivity contribution in [3.8, 4) is 5.75 Å². The fourth-order valence-corrected chi connectivity index (χ4v) is 5.76.